The van der Waals surface area contributed by atoms with E-state index in [1.165, 1.54) is 7.11 Å². The van der Waals surface area contributed by atoms with E-state index in [2.05, 4.69) is 0 Å². The fraction of sp³-hybridized carbons (Fsp3) is 0.143. The Morgan fingerprint density at radius 2 is 1.60 bits per heavy atom. The molecule has 0 aliphatic heterocycles. The van der Waals surface area contributed by atoms with E-state index >= 15 is 0 Å². The second-order valence-electron chi connectivity index (χ2n) is 4.08. The monoisotopic (exact) mass is 350 g/mol. The summed E-state index contributed by atoms with van der Waals surface area (Å²) >= 11 is 24.0. The molecule has 2 rings (SSSR count). The standard InChI is InChI=1S/C14H10Cl4O2/c1-20-13-6-10(16)8(5-12(13)18)14(19)7-2-3-9(15)11(17)4-7/h2-6,14,19H,1H3. The largest absolute Gasteiger partial charge is 0.495 e. The van der Waals surface area contributed by atoms with Crippen molar-refractivity contribution >= 4 is 46.4 Å². The van der Waals surface area contributed by atoms with Gasteiger partial charge in [-0.25, -0.2) is 0 Å². The van der Waals surface area contributed by atoms with Gasteiger partial charge in [0.25, 0.3) is 0 Å². The predicted octanol–water partition coefficient (Wildman–Crippen LogP) is 5.39. The van der Waals surface area contributed by atoms with Crippen molar-refractivity contribution in [1.82, 2.24) is 0 Å². The Morgan fingerprint density at radius 3 is 2.20 bits per heavy atom. The van der Waals surface area contributed by atoms with Crippen LogP contribution in [0, 0.1) is 0 Å². The summed E-state index contributed by atoms with van der Waals surface area (Å²) < 4.78 is 5.06. The van der Waals surface area contributed by atoms with E-state index < -0.39 is 6.10 Å². The number of aliphatic hydroxyl groups is 1. The van der Waals surface area contributed by atoms with E-state index in [1.807, 2.05) is 0 Å². The molecule has 0 saturated heterocycles. The van der Waals surface area contributed by atoms with Gasteiger partial charge in [0, 0.05) is 11.6 Å². The van der Waals surface area contributed by atoms with Gasteiger partial charge in [0.15, 0.2) is 0 Å². The summed E-state index contributed by atoms with van der Waals surface area (Å²) in [5, 5.41) is 11.9. The molecule has 0 bridgehead atoms. The lowest BCUT2D eigenvalue weighted by Gasteiger charge is -2.15. The van der Waals surface area contributed by atoms with Gasteiger partial charge in [0.1, 0.15) is 11.9 Å². The number of halogens is 4. The Labute approximate surface area is 136 Å². The lowest BCUT2D eigenvalue weighted by molar-refractivity contribution is 0.220. The summed E-state index contributed by atoms with van der Waals surface area (Å²) in [4.78, 5) is 0. The van der Waals surface area contributed by atoms with E-state index in [4.69, 9.17) is 51.1 Å². The van der Waals surface area contributed by atoms with E-state index in [0.717, 1.165) is 0 Å². The molecule has 0 radical (unpaired) electrons. The van der Waals surface area contributed by atoms with E-state index in [9.17, 15) is 5.11 Å². The Morgan fingerprint density at radius 1 is 0.900 bits per heavy atom. The molecule has 0 saturated carbocycles. The molecule has 0 fully saturated rings. The van der Waals surface area contributed by atoms with Crippen molar-refractivity contribution in [2.45, 2.75) is 6.10 Å². The zero-order valence-electron chi connectivity index (χ0n) is 10.3. The van der Waals surface area contributed by atoms with Gasteiger partial charge in [0.05, 0.1) is 27.2 Å². The van der Waals surface area contributed by atoms with Crippen LogP contribution in [-0.2, 0) is 0 Å². The van der Waals surface area contributed by atoms with Crippen LogP contribution >= 0.6 is 46.4 Å². The third-order valence-corrected chi connectivity index (χ3v) is 4.19. The number of ether oxygens (including phenoxy) is 1. The molecule has 20 heavy (non-hydrogen) atoms. The normalized spacial score (nSPS) is 12.3. The topological polar surface area (TPSA) is 29.5 Å². The summed E-state index contributed by atoms with van der Waals surface area (Å²) in [6.45, 7) is 0. The average Bonchev–Trinajstić information content (AvgIpc) is 2.43. The molecule has 0 aromatic heterocycles. The first-order chi connectivity index (χ1) is 9.43. The summed E-state index contributed by atoms with van der Waals surface area (Å²) in [6.07, 6.45) is -0.958. The molecule has 0 heterocycles. The van der Waals surface area contributed by atoms with Crippen LogP contribution in [0.3, 0.4) is 0 Å². The van der Waals surface area contributed by atoms with Crippen molar-refractivity contribution < 1.29 is 9.84 Å². The maximum Gasteiger partial charge on any atom is 0.138 e. The summed E-state index contributed by atoms with van der Waals surface area (Å²) in [7, 11) is 1.49. The minimum absolute atomic E-state index is 0.352. The molecule has 0 aliphatic carbocycles. The number of benzene rings is 2. The molecule has 106 valence electrons. The highest BCUT2D eigenvalue weighted by Gasteiger charge is 2.17. The maximum absolute atomic E-state index is 10.4. The minimum atomic E-state index is -0.958. The van der Waals surface area contributed by atoms with Gasteiger partial charge in [-0.15, -0.1) is 0 Å². The first-order valence-electron chi connectivity index (χ1n) is 5.60. The Bertz CT molecular complexity index is 643. The molecule has 1 unspecified atom stereocenters. The number of hydrogen-bond acceptors (Lipinski definition) is 2. The average molecular weight is 352 g/mol. The molecular weight excluding hydrogens is 342 g/mol. The van der Waals surface area contributed by atoms with Gasteiger partial charge in [-0.2, -0.15) is 0 Å². The maximum atomic E-state index is 10.4. The van der Waals surface area contributed by atoms with Crippen LogP contribution in [-0.4, -0.2) is 12.2 Å². The first-order valence-corrected chi connectivity index (χ1v) is 7.11. The van der Waals surface area contributed by atoms with Gasteiger partial charge < -0.3 is 9.84 Å². The predicted molar refractivity (Wildman–Crippen MR) is 83.5 cm³/mol. The molecule has 2 nitrogen and oxygen atoms in total. The van der Waals surface area contributed by atoms with Crippen LogP contribution < -0.4 is 4.74 Å². The lowest BCUT2D eigenvalue weighted by Crippen LogP contribution is -2.01. The van der Waals surface area contributed by atoms with Crippen molar-refractivity contribution in [3.8, 4) is 5.75 Å². The van der Waals surface area contributed by atoms with Gasteiger partial charge in [0.2, 0.25) is 0 Å². The van der Waals surface area contributed by atoms with Gasteiger partial charge in [-0.3, -0.25) is 0 Å². The van der Waals surface area contributed by atoms with Crippen molar-refractivity contribution in [2.75, 3.05) is 7.11 Å². The Kier molecular flexibility index (Phi) is 5.05. The van der Waals surface area contributed by atoms with Gasteiger partial charge >= 0.3 is 0 Å². The second-order valence-corrected chi connectivity index (χ2v) is 5.71. The SMILES string of the molecule is COc1cc(Cl)c(C(O)c2ccc(Cl)c(Cl)c2)cc1Cl. The number of methoxy groups -OCH3 is 1. The molecule has 2 aromatic rings. The quantitative estimate of drug-likeness (QED) is 0.803. The van der Waals surface area contributed by atoms with Crippen molar-refractivity contribution in [1.29, 1.82) is 0 Å². The summed E-state index contributed by atoms with van der Waals surface area (Å²) in [5.74, 6) is 0.446. The molecule has 1 atom stereocenters. The highest BCUT2D eigenvalue weighted by atomic mass is 35.5. The fourth-order valence-electron chi connectivity index (χ4n) is 1.77. The molecule has 0 spiro atoms. The summed E-state index contributed by atoms with van der Waals surface area (Å²) in [5.41, 5.74) is 1.04. The molecule has 0 aliphatic rings. The van der Waals surface area contributed by atoms with Crippen LogP contribution in [0.1, 0.15) is 17.2 Å². The van der Waals surface area contributed by atoms with E-state index in [0.29, 0.717) is 37.0 Å². The molecule has 2 aromatic carbocycles. The van der Waals surface area contributed by atoms with Crippen molar-refractivity contribution in [3.05, 3.63) is 61.5 Å². The summed E-state index contributed by atoms with van der Waals surface area (Å²) in [6, 6.07) is 7.99. The highest BCUT2D eigenvalue weighted by Crippen LogP contribution is 2.37. The molecule has 0 amide bonds. The number of rotatable bonds is 3. The van der Waals surface area contributed by atoms with E-state index in [1.54, 1.807) is 30.3 Å². The van der Waals surface area contributed by atoms with Crippen LogP contribution in [0.5, 0.6) is 5.75 Å². The second kappa shape index (κ2) is 6.42. The smallest absolute Gasteiger partial charge is 0.138 e. The van der Waals surface area contributed by atoms with Crippen LogP contribution in [0.4, 0.5) is 0 Å². The highest BCUT2D eigenvalue weighted by molar-refractivity contribution is 6.42. The van der Waals surface area contributed by atoms with Crippen LogP contribution in [0.15, 0.2) is 30.3 Å². The molecule has 6 heteroatoms. The Balaban J connectivity index is 2.45. The van der Waals surface area contributed by atoms with Gasteiger partial charge in [-0.05, 0) is 23.8 Å². The van der Waals surface area contributed by atoms with Crippen molar-refractivity contribution in [2.24, 2.45) is 0 Å². The number of hydrogen-bond donors (Lipinski definition) is 1. The van der Waals surface area contributed by atoms with E-state index in [-0.39, 0.29) is 0 Å². The third kappa shape index (κ3) is 3.16. The van der Waals surface area contributed by atoms with Crippen LogP contribution in [0.25, 0.3) is 0 Å². The third-order valence-electron chi connectivity index (χ3n) is 2.83. The van der Waals surface area contributed by atoms with Crippen LogP contribution in [0.2, 0.25) is 20.1 Å². The Hall–Kier alpha value is -0.640. The molecular formula is C14H10Cl4O2. The molecule has 1 N–H and O–H groups in total. The zero-order valence-corrected chi connectivity index (χ0v) is 13.4. The lowest BCUT2D eigenvalue weighted by atomic mass is 10.0. The first kappa shape index (κ1) is 15.7. The zero-order chi connectivity index (χ0) is 14.9. The van der Waals surface area contributed by atoms with Crippen molar-refractivity contribution in [3.63, 3.8) is 0 Å². The van der Waals surface area contributed by atoms with Gasteiger partial charge in [-0.1, -0.05) is 52.5 Å². The fourth-order valence-corrected chi connectivity index (χ4v) is 2.58. The number of aliphatic hydroxyl groups excluding tert-OH is 1. The minimum Gasteiger partial charge on any atom is -0.495 e.